The predicted molar refractivity (Wildman–Crippen MR) is 73.8 cm³/mol. The third kappa shape index (κ3) is 3.75. The highest BCUT2D eigenvalue weighted by atomic mass is 32.2. The Balaban J connectivity index is 2.97. The fourth-order valence-electron chi connectivity index (χ4n) is 1.70. The molecule has 0 saturated heterocycles. The van der Waals surface area contributed by atoms with E-state index >= 15 is 0 Å². The molecule has 1 rings (SSSR count). The average Bonchev–Trinajstić information content (AvgIpc) is 2.39. The number of hydrogen-bond donors (Lipinski definition) is 2. The summed E-state index contributed by atoms with van der Waals surface area (Å²) in [5, 5.41) is 0. The van der Waals surface area contributed by atoms with Gasteiger partial charge < -0.3 is 5.73 Å². The summed E-state index contributed by atoms with van der Waals surface area (Å²) in [6, 6.07) is 4.00. The van der Waals surface area contributed by atoms with Gasteiger partial charge in [-0.1, -0.05) is 19.9 Å². The fourth-order valence-corrected chi connectivity index (χ4v) is 3.09. The van der Waals surface area contributed by atoms with Gasteiger partial charge in [0.15, 0.2) is 0 Å². The highest BCUT2D eigenvalue weighted by molar-refractivity contribution is 7.89. The molecule has 0 amide bonds. The number of hydrogen-bond acceptors (Lipinski definition) is 3. The highest BCUT2D eigenvalue weighted by Gasteiger charge is 2.25. The van der Waals surface area contributed by atoms with Crippen molar-refractivity contribution in [2.75, 3.05) is 6.54 Å². The van der Waals surface area contributed by atoms with Crippen LogP contribution in [0.4, 0.5) is 4.39 Å². The number of benzene rings is 1. The van der Waals surface area contributed by atoms with Crippen molar-refractivity contribution in [3.8, 4) is 0 Å². The van der Waals surface area contributed by atoms with Crippen LogP contribution in [-0.2, 0) is 10.0 Å². The molecule has 19 heavy (non-hydrogen) atoms. The number of sulfonamides is 1. The Morgan fingerprint density at radius 1 is 1.32 bits per heavy atom. The Morgan fingerprint density at radius 2 is 1.89 bits per heavy atom. The number of rotatable bonds is 6. The molecule has 0 fully saturated rings. The molecule has 1 aromatic rings. The zero-order chi connectivity index (χ0) is 14.7. The van der Waals surface area contributed by atoms with Gasteiger partial charge in [0.05, 0.1) is 4.90 Å². The van der Waals surface area contributed by atoms with Crippen molar-refractivity contribution < 1.29 is 12.8 Å². The second-order valence-corrected chi connectivity index (χ2v) is 6.49. The summed E-state index contributed by atoms with van der Waals surface area (Å²) in [7, 11) is -3.74. The number of halogens is 1. The Labute approximate surface area is 114 Å². The Hall–Kier alpha value is -0.980. The molecule has 0 aliphatic rings. The summed E-state index contributed by atoms with van der Waals surface area (Å²) in [5.41, 5.74) is 5.59. The Bertz CT molecular complexity index is 540. The minimum Gasteiger partial charge on any atom is -0.324 e. The topological polar surface area (TPSA) is 72.2 Å². The first-order valence-electron chi connectivity index (χ1n) is 6.29. The van der Waals surface area contributed by atoms with Gasteiger partial charge in [-0.25, -0.2) is 17.5 Å². The van der Waals surface area contributed by atoms with E-state index < -0.39 is 21.4 Å². The van der Waals surface area contributed by atoms with Crippen LogP contribution >= 0.6 is 0 Å². The van der Waals surface area contributed by atoms with Crippen LogP contribution in [0, 0.1) is 12.7 Å². The standard InChI is InChI=1S/C13H21FN2O2S/c1-4-13(15,5-2)9-16-19(17,18)12-8-6-7-11(14)10(12)3/h6-8,16H,4-5,9,15H2,1-3H3. The lowest BCUT2D eigenvalue weighted by Gasteiger charge is -2.26. The molecule has 108 valence electrons. The fraction of sp³-hybridized carbons (Fsp3) is 0.538. The molecule has 3 N–H and O–H groups in total. The first kappa shape index (κ1) is 16.1. The van der Waals surface area contributed by atoms with Crippen LogP contribution in [0.5, 0.6) is 0 Å². The summed E-state index contributed by atoms with van der Waals surface area (Å²) in [6.45, 7) is 5.40. The van der Waals surface area contributed by atoms with Gasteiger partial charge in [0.25, 0.3) is 0 Å². The molecule has 0 aliphatic heterocycles. The lowest BCUT2D eigenvalue weighted by Crippen LogP contribution is -2.49. The van der Waals surface area contributed by atoms with Gasteiger partial charge in [-0.15, -0.1) is 0 Å². The molecule has 1 aromatic carbocycles. The smallest absolute Gasteiger partial charge is 0.240 e. The normalized spacial score (nSPS) is 12.7. The summed E-state index contributed by atoms with van der Waals surface area (Å²) in [5.74, 6) is -0.534. The van der Waals surface area contributed by atoms with E-state index in [2.05, 4.69) is 4.72 Å². The van der Waals surface area contributed by atoms with Crippen LogP contribution in [0.1, 0.15) is 32.3 Å². The van der Waals surface area contributed by atoms with Gasteiger partial charge in [0.1, 0.15) is 5.82 Å². The van der Waals surface area contributed by atoms with Gasteiger partial charge in [-0.05, 0) is 31.9 Å². The minimum atomic E-state index is -3.74. The summed E-state index contributed by atoms with van der Waals surface area (Å²) in [4.78, 5) is -0.0398. The van der Waals surface area contributed by atoms with E-state index in [-0.39, 0.29) is 17.0 Å². The zero-order valence-electron chi connectivity index (χ0n) is 11.5. The molecule has 0 unspecified atom stereocenters. The number of nitrogens with one attached hydrogen (secondary N) is 1. The SMILES string of the molecule is CCC(N)(CC)CNS(=O)(=O)c1cccc(F)c1C. The van der Waals surface area contributed by atoms with Gasteiger partial charge in [-0.3, -0.25) is 0 Å². The molecule has 0 aliphatic carbocycles. The van der Waals surface area contributed by atoms with E-state index in [1.807, 2.05) is 13.8 Å². The molecule has 0 atom stereocenters. The van der Waals surface area contributed by atoms with Crippen molar-refractivity contribution in [2.45, 2.75) is 44.0 Å². The molecule has 0 bridgehead atoms. The van der Waals surface area contributed by atoms with E-state index in [4.69, 9.17) is 5.73 Å². The van der Waals surface area contributed by atoms with Crippen LogP contribution in [0.2, 0.25) is 0 Å². The van der Waals surface area contributed by atoms with Crippen molar-refractivity contribution in [3.05, 3.63) is 29.6 Å². The van der Waals surface area contributed by atoms with E-state index in [1.165, 1.54) is 25.1 Å². The van der Waals surface area contributed by atoms with Crippen LogP contribution in [0.15, 0.2) is 23.1 Å². The maximum atomic E-state index is 13.4. The second-order valence-electron chi connectivity index (χ2n) is 4.76. The van der Waals surface area contributed by atoms with E-state index in [0.29, 0.717) is 12.8 Å². The molecule has 0 spiro atoms. The molecule has 0 heterocycles. The minimum absolute atomic E-state index is 0.0398. The van der Waals surface area contributed by atoms with Crippen molar-refractivity contribution in [3.63, 3.8) is 0 Å². The molecular formula is C13H21FN2O2S. The molecule has 0 saturated carbocycles. The largest absolute Gasteiger partial charge is 0.324 e. The zero-order valence-corrected chi connectivity index (χ0v) is 12.3. The van der Waals surface area contributed by atoms with Gasteiger partial charge in [0, 0.05) is 17.6 Å². The first-order valence-corrected chi connectivity index (χ1v) is 7.77. The third-order valence-electron chi connectivity index (χ3n) is 3.53. The van der Waals surface area contributed by atoms with E-state index in [0.717, 1.165) is 0 Å². The van der Waals surface area contributed by atoms with Gasteiger partial charge >= 0.3 is 0 Å². The second kappa shape index (κ2) is 5.98. The van der Waals surface area contributed by atoms with E-state index in [9.17, 15) is 12.8 Å². The van der Waals surface area contributed by atoms with Crippen LogP contribution in [0.3, 0.4) is 0 Å². The van der Waals surface area contributed by atoms with Crippen LogP contribution < -0.4 is 10.5 Å². The molecule has 0 aromatic heterocycles. The molecular weight excluding hydrogens is 267 g/mol. The van der Waals surface area contributed by atoms with Crippen molar-refractivity contribution in [1.29, 1.82) is 0 Å². The first-order chi connectivity index (χ1) is 8.75. The molecule has 0 radical (unpaired) electrons. The molecule has 4 nitrogen and oxygen atoms in total. The summed E-state index contributed by atoms with van der Waals surface area (Å²) < 4.78 is 40.2. The van der Waals surface area contributed by atoms with Crippen LogP contribution in [-0.4, -0.2) is 20.5 Å². The van der Waals surface area contributed by atoms with Crippen molar-refractivity contribution in [1.82, 2.24) is 4.72 Å². The van der Waals surface area contributed by atoms with Crippen molar-refractivity contribution >= 4 is 10.0 Å². The maximum absolute atomic E-state index is 13.4. The predicted octanol–water partition coefficient (Wildman–Crippen LogP) is 1.93. The van der Waals surface area contributed by atoms with Gasteiger partial charge in [-0.2, -0.15) is 0 Å². The quantitative estimate of drug-likeness (QED) is 0.840. The van der Waals surface area contributed by atoms with Gasteiger partial charge in [0.2, 0.25) is 10.0 Å². The lowest BCUT2D eigenvalue weighted by atomic mass is 9.95. The Kier molecular flexibility index (Phi) is 5.06. The maximum Gasteiger partial charge on any atom is 0.240 e. The average molecular weight is 288 g/mol. The van der Waals surface area contributed by atoms with E-state index in [1.54, 1.807) is 0 Å². The summed E-state index contributed by atoms with van der Waals surface area (Å²) in [6.07, 6.45) is 1.32. The highest BCUT2D eigenvalue weighted by Crippen LogP contribution is 2.18. The monoisotopic (exact) mass is 288 g/mol. The van der Waals surface area contributed by atoms with Crippen LogP contribution in [0.25, 0.3) is 0 Å². The number of nitrogens with two attached hydrogens (primary N) is 1. The van der Waals surface area contributed by atoms with Crippen molar-refractivity contribution in [2.24, 2.45) is 5.73 Å². The summed E-state index contributed by atoms with van der Waals surface area (Å²) >= 11 is 0. The Morgan fingerprint density at radius 3 is 2.42 bits per heavy atom. The lowest BCUT2D eigenvalue weighted by molar-refractivity contribution is 0.391. The molecule has 6 heteroatoms. The third-order valence-corrected chi connectivity index (χ3v) is 5.08.